The summed E-state index contributed by atoms with van der Waals surface area (Å²) in [4.78, 5) is 26.9. The molecule has 0 bridgehead atoms. The van der Waals surface area contributed by atoms with Gasteiger partial charge in [0.1, 0.15) is 11.5 Å². The van der Waals surface area contributed by atoms with Crippen molar-refractivity contribution in [2.24, 2.45) is 5.73 Å². The van der Waals surface area contributed by atoms with E-state index in [1.807, 2.05) is 6.92 Å². The molecule has 2 rings (SSSR count). The normalized spacial score (nSPS) is 12.0. The lowest BCUT2D eigenvalue weighted by atomic mass is 10.1. The van der Waals surface area contributed by atoms with Crippen LogP contribution in [0.25, 0.3) is 5.69 Å². The summed E-state index contributed by atoms with van der Waals surface area (Å²) in [6.07, 6.45) is 1.01. The lowest BCUT2D eigenvalue weighted by Crippen LogP contribution is -2.28. The van der Waals surface area contributed by atoms with E-state index >= 15 is 0 Å². The maximum absolute atomic E-state index is 14.2. The summed E-state index contributed by atoms with van der Waals surface area (Å²) >= 11 is 0. The Balaban J connectivity index is 2.57. The van der Waals surface area contributed by atoms with Gasteiger partial charge in [-0.05, 0) is 18.6 Å². The predicted molar refractivity (Wildman–Crippen MR) is 85.6 cm³/mol. The summed E-state index contributed by atoms with van der Waals surface area (Å²) in [6.45, 7) is 3.27. The van der Waals surface area contributed by atoms with Crippen LogP contribution < -0.4 is 11.1 Å². The van der Waals surface area contributed by atoms with Crippen LogP contribution in [-0.2, 0) is 16.0 Å². The van der Waals surface area contributed by atoms with Gasteiger partial charge in [-0.3, -0.25) is 9.59 Å². The molecule has 0 aliphatic heterocycles. The summed E-state index contributed by atoms with van der Waals surface area (Å²) < 4.78 is 28.6. The van der Waals surface area contributed by atoms with Gasteiger partial charge in [0.25, 0.3) is 0 Å². The van der Waals surface area contributed by atoms with Gasteiger partial charge in [0.15, 0.2) is 17.5 Å². The number of primary amides is 1. The van der Waals surface area contributed by atoms with Crippen molar-refractivity contribution in [3.63, 3.8) is 0 Å². The molecular weight excluding hydrogens is 332 g/mol. The highest BCUT2D eigenvalue weighted by atomic mass is 19.1. The molecule has 0 spiro atoms. The molecule has 3 N–H and O–H groups in total. The van der Waals surface area contributed by atoms with Crippen molar-refractivity contribution in [2.75, 3.05) is 0 Å². The molecule has 0 unspecified atom stereocenters. The third-order valence-electron chi connectivity index (χ3n) is 3.41. The second kappa shape index (κ2) is 7.82. The van der Waals surface area contributed by atoms with Gasteiger partial charge < -0.3 is 11.1 Å². The number of amides is 2. The molecule has 1 atom stereocenters. The van der Waals surface area contributed by atoms with E-state index in [4.69, 9.17) is 5.73 Å². The fraction of sp³-hybridized carbons (Fsp3) is 0.375. The highest BCUT2D eigenvalue weighted by Crippen LogP contribution is 2.23. The average molecular weight is 351 g/mol. The first kappa shape index (κ1) is 18.5. The minimum absolute atomic E-state index is 0.0360. The fourth-order valence-corrected chi connectivity index (χ4v) is 2.46. The third kappa shape index (κ3) is 4.59. The van der Waals surface area contributed by atoms with Crippen molar-refractivity contribution >= 4 is 11.8 Å². The molecule has 0 aliphatic carbocycles. The van der Waals surface area contributed by atoms with E-state index in [9.17, 15) is 18.4 Å². The highest BCUT2D eigenvalue weighted by molar-refractivity contribution is 5.75. The number of carbonyl (C=O) groups excluding carboxylic acids is 2. The van der Waals surface area contributed by atoms with Crippen molar-refractivity contribution in [2.45, 2.75) is 39.2 Å². The van der Waals surface area contributed by atoms with Crippen LogP contribution in [0.5, 0.6) is 0 Å². The number of rotatable bonds is 7. The molecule has 1 heterocycles. The minimum Gasteiger partial charge on any atom is -0.369 e. The van der Waals surface area contributed by atoms with E-state index in [1.165, 1.54) is 17.7 Å². The standard InChI is InChI=1S/C16H19F2N5O2/c1-3-4-12(20-9(2)24)16-21-15(8-14(19)25)22-23(16)13-6-5-10(17)7-11(13)18/h5-7,12H,3-4,8H2,1-2H3,(H2,19,25)(H,20,24)/t12-/m1/s1. The first-order valence-corrected chi connectivity index (χ1v) is 7.78. The lowest BCUT2D eigenvalue weighted by molar-refractivity contribution is -0.120. The Labute approximate surface area is 143 Å². The summed E-state index contributed by atoms with van der Waals surface area (Å²) in [6, 6.07) is 2.49. The zero-order valence-corrected chi connectivity index (χ0v) is 13.9. The van der Waals surface area contributed by atoms with Gasteiger partial charge in [-0.25, -0.2) is 18.4 Å². The first-order valence-electron chi connectivity index (χ1n) is 7.78. The van der Waals surface area contributed by atoms with E-state index in [-0.39, 0.29) is 29.7 Å². The summed E-state index contributed by atoms with van der Waals surface area (Å²) in [5.41, 5.74) is 5.13. The molecule has 0 saturated carbocycles. The van der Waals surface area contributed by atoms with Crippen molar-refractivity contribution < 1.29 is 18.4 Å². The van der Waals surface area contributed by atoms with Gasteiger partial charge in [0, 0.05) is 13.0 Å². The molecule has 2 aromatic rings. The Bertz CT molecular complexity index is 791. The molecular formula is C16H19F2N5O2. The fourth-order valence-electron chi connectivity index (χ4n) is 2.46. The van der Waals surface area contributed by atoms with Crippen LogP contribution >= 0.6 is 0 Å². The number of aromatic nitrogens is 3. The van der Waals surface area contributed by atoms with E-state index in [0.29, 0.717) is 6.42 Å². The van der Waals surface area contributed by atoms with E-state index in [1.54, 1.807) is 0 Å². The smallest absolute Gasteiger partial charge is 0.225 e. The van der Waals surface area contributed by atoms with Gasteiger partial charge in [0.05, 0.1) is 12.5 Å². The molecule has 2 amide bonds. The average Bonchev–Trinajstić information content (AvgIpc) is 2.89. The number of nitrogens with two attached hydrogens (primary N) is 1. The third-order valence-corrected chi connectivity index (χ3v) is 3.41. The summed E-state index contributed by atoms with van der Waals surface area (Å²) in [5, 5.41) is 6.84. The van der Waals surface area contributed by atoms with E-state index < -0.39 is 23.6 Å². The van der Waals surface area contributed by atoms with Crippen LogP contribution in [0, 0.1) is 11.6 Å². The minimum atomic E-state index is -0.838. The van der Waals surface area contributed by atoms with E-state index in [0.717, 1.165) is 18.6 Å². The second-order valence-corrected chi connectivity index (χ2v) is 5.58. The number of hydrogen-bond donors (Lipinski definition) is 2. The largest absolute Gasteiger partial charge is 0.369 e. The van der Waals surface area contributed by atoms with Crippen LogP contribution in [0.1, 0.15) is 44.4 Å². The quantitative estimate of drug-likeness (QED) is 0.790. The maximum Gasteiger partial charge on any atom is 0.225 e. The summed E-state index contributed by atoms with van der Waals surface area (Å²) in [7, 11) is 0. The zero-order valence-electron chi connectivity index (χ0n) is 13.9. The first-order chi connectivity index (χ1) is 11.8. The van der Waals surface area contributed by atoms with Gasteiger partial charge in [-0.15, -0.1) is 0 Å². The number of carbonyl (C=O) groups is 2. The van der Waals surface area contributed by atoms with Crippen LogP contribution in [0.2, 0.25) is 0 Å². The SMILES string of the molecule is CCC[C@@H](NC(C)=O)c1nc(CC(N)=O)nn1-c1ccc(F)cc1F. The number of nitrogens with one attached hydrogen (secondary N) is 1. The Morgan fingerprint density at radius 3 is 2.64 bits per heavy atom. The Morgan fingerprint density at radius 2 is 2.08 bits per heavy atom. The number of benzene rings is 1. The lowest BCUT2D eigenvalue weighted by Gasteiger charge is -2.17. The number of nitrogens with zero attached hydrogens (tertiary/aromatic N) is 3. The molecule has 1 aromatic heterocycles. The van der Waals surface area contributed by atoms with Gasteiger partial charge in [0.2, 0.25) is 11.8 Å². The molecule has 25 heavy (non-hydrogen) atoms. The van der Waals surface area contributed by atoms with Crippen LogP contribution in [-0.4, -0.2) is 26.6 Å². The summed E-state index contributed by atoms with van der Waals surface area (Å²) in [5.74, 6) is -2.16. The molecule has 9 heteroatoms. The van der Waals surface area contributed by atoms with Crippen molar-refractivity contribution in [3.05, 3.63) is 41.5 Å². The Hall–Kier alpha value is -2.84. The van der Waals surface area contributed by atoms with E-state index in [2.05, 4.69) is 15.4 Å². The van der Waals surface area contributed by atoms with Crippen LogP contribution in [0.15, 0.2) is 18.2 Å². The van der Waals surface area contributed by atoms with Crippen LogP contribution in [0.3, 0.4) is 0 Å². The van der Waals surface area contributed by atoms with Gasteiger partial charge in [-0.2, -0.15) is 5.10 Å². The zero-order chi connectivity index (χ0) is 18.6. The topological polar surface area (TPSA) is 103 Å². The molecule has 0 saturated heterocycles. The van der Waals surface area contributed by atoms with Gasteiger partial charge >= 0.3 is 0 Å². The molecule has 1 aromatic carbocycles. The molecule has 0 aliphatic rings. The van der Waals surface area contributed by atoms with Crippen LogP contribution in [0.4, 0.5) is 8.78 Å². The monoisotopic (exact) mass is 351 g/mol. The Morgan fingerprint density at radius 1 is 1.36 bits per heavy atom. The van der Waals surface area contributed by atoms with Crippen molar-refractivity contribution in [1.29, 1.82) is 0 Å². The predicted octanol–water partition coefficient (Wildman–Crippen LogP) is 1.55. The number of halogens is 2. The van der Waals surface area contributed by atoms with Crippen molar-refractivity contribution in [3.8, 4) is 5.69 Å². The second-order valence-electron chi connectivity index (χ2n) is 5.58. The van der Waals surface area contributed by atoms with Gasteiger partial charge in [-0.1, -0.05) is 13.3 Å². The molecule has 0 fully saturated rings. The number of hydrogen-bond acceptors (Lipinski definition) is 4. The molecule has 0 radical (unpaired) electrons. The molecule has 7 nitrogen and oxygen atoms in total. The maximum atomic E-state index is 14.2. The molecule has 134 valence electrons. The highest BCUT2D eigenvalue weighted by Gasteiger charge is 2.23. The van der Waals surface area contributed by atoms with Crippen molar-refractivity contribution in [1.82, 2.24) is 20.1 Å². The Kier molecular flexibility index (Phi) is 5.79.